The Morgan fingerprint density at radius 3 is 2.85 bits per heavy atom. The molecule has 26 heavy (non-hydrogen) atoms. The summed E-state index contributed by atoms with van der Waals surface area (Å²) in [5.74, 6) is 1.30. The molecule has 0 amide bonds. The van der Waals surface area contributed by atoms with E-state index in [0.29, 0.717) is 29.1 Å². The molecule has 0 aliphatic rings. The number of benzene rings is 1. The third kappa shape index (κ3) is 4.11. The molecule has 2 aromatic heterocycles. The van der Waals surface area contributed by atoms with Crippen molar-refractivity contribution >= 4 is 46.2 Å². The van der Waals surface area contributed by atoms with Gasteiger partial charge in [-0.1, -0.05) is 23.5 Å². The van der Waals surface area contributed by atoms with Crippen LogP contribution in [-0.2, 0) is 6.54 Å². The molecule has 0 radical (unpaired) electrons. The third-order valence-corrected chi connectivity index (χ3v) is 5.09. The van der Waals surface area contributed by atoms with E-state index < -0.39 is 0 Å². The van der Waals surface area contributed by atoms with Gasteiger partial charge in [-0.05, 0) is 38.1 Å². The highest BCUT2D eigenvalue weighted by molar-refractivity contribution is 8.00. The van der Waals surface area contributed by atoms with Crippen LogP contribution < -0.4 is 15.2 Å². The maximum atomic E-state index is 12.3. The Balaban J connectivity index is 1.82. The second-order valence-electron chi connectivity index (χ2n) is 6.05. The molecule has 0 aliphatic carbocycles. The van der Waals surface area contributed by atoms with Gasteiger partial charge in [0.2, 0.25) is 5.95 Å². The first-order valence-electron chi connectivity index (χ1n) is 8.19. The Bertz CT molecular complexity index is 975. The number of rotatable bonds is 6. The summed E-state index contributed by atoms with van der Waals surface area (Å²) in [6.45, 7) is 4.53. The first-order valence-corrected chi connectivity index (χ1v) is 9.75. The zero-order valence-corrected chi connectivity index (χ0v) is 16.4. The highest BCUT2D eigenvalue weighted by Crippen LogP contribution is 2.22. The van der Waals surface area contributed by atoms with Crippen molar-refractivity contribution in [2.24, 2.45) is 0 Å². The lowest BCUT2D eigenvalue weighted by Crippen LogP contribution is -2.24. The summed E-state index contributed by atoms with van der Waals surface area (Å²) in [7, 11) is 0. The molecule has 0 atom stereocenters. The van der Waals surface area contributed by atoms with Gasteiger partial charge in [0.25, 0.3) is 5.56 Å². The average Bonchev–Trinajstić information content (AvgIpc) is 2.61. The molecule has 2 heterocycles. The van der Waals surface area contributed by atoms with Crippen LogP contribution in [0.2, 0.25) is 5.02 Å². The van der Waals surface area contributed by atoms with Crippen LogP contribution in [0.4, 0.5) is 11.8 Å². The maximum Gasteiger partial charge on any atom is 0.253 e. The summed E-state index contributed by atoms with van der Waals surface area (Å²) in [6.07, 6.45) is 3.72. The van der Waals surface area contributed by atoms with Crippen LogP contribution in [0.5, 0.6) is 0 Å². The van der Waals surface area contributed by atoms with Crippen LogP contribution in [0.25, 0.3) is 10.9 Å². The lowest BCUT2D eigenvalue weighted by atomic mass is 10.1. The highest BCUT2D eigenvalue weighted by atomic mass is 35.5. The van der Waals surface area contributed by atoms with Crippen molar-refractivity contribution in [1.82, 2.24) is 15.0 Å². The Kier molecular flexibility index (Phi) is 5.68. The Morgan fingerprint density at radius 1 is 1.31 bits per heavy atom. The number of H-pyrrole nitrogens is 1. The Hall–Kier alpha value is -2.25. The van der Waals surface area contributed by atoms with Crippen LogP contribution in [0.15, 0.2) is 41.3 Å². The topological polar surface area (TPSA) is 73.9 Å². The number of nitrogens with zero attached hydrogens (tertiary/aromatic N) is 3. The molecule has 0 saturated heterocycles. The van der Waals surface area contributed by atoms with Crippen molar-refractivity contribution in [3.8, 4) is 0 Å². The lowest BCUT2D eigenvalue weighted by Gasteiger charge is -2.24. The van der Waals surface area contributed by atoms with Crippen molar-refractivity contribution in [2.75, 3.05) is 15.9 Å². The predicted octanol–water partition coefficient (Wildman–Crippen LogP) is 4.08. The van der Waals surface area contributed by atoms with Crippen molar-refractivity contribution in [1.29, 1.82) is 0 Å². The van der Waals surface area contributed by atoms with Gasteiger partial charge in [0.15, 0.2) is 0 Å². The number of hydrogen-bond donors (Lipinski definition) is 2. The fourth-order valence-electron chi connectivity index (χ4n) is 2.65. The molecular weight excluding hydrogens is 370 g/mol. The van der Waals surface area contributed by atoms with Crippen molar-refractivity contribution in [2.45, 2.75) is 26.4 Å². The van der Waals surface area contributed by atoms with E-state index in [4.69, 9.17) is 11.6 Å². The molecule has 2 N–H and O–H groups in total. The molecule has 0 aliphatic heterocycles. The number of nitrogens with one attached hydrogen (secondary N) is 2. The molecule has 136 valence electrons. The van der Waals surface area contributed by atoms with Gasteiger partial charge in [-0.3, -0.25) is 9.10 Å². The molecule has 8 heteroatoms. The van der Waals surface area contributed by atoms with E-state index in [2.05, 4.69) is 38.4 Å². The molecule has 3 rings (SSSR count). The van der Waals surface area contributed by atoms with Crippen molar-refractivity contribution in [3.05, 3.63) is 57.5 Å². The van der Waals surface area contributed by atoms with Gasteiger partial charge >= 0.3 is 0 Å². The van der Waals surface area contributed by atoms with Gasteiger partial charge in [0.1, 0.15) is 5.82 Å². The molecule has 0 unspecified atom stereocenters. The standard InChI is InChI=1S/C18H20ClN5OS/c1-11(2)24(26-3)16-6-7-20-18(23-16)21-10-13-8-12-9-14(19)4-5-15(12)22-17(13)25/h4-9,11H,10H2,1-3H3,(H,22,25)(H,20,21,23). The van der Waals surface area contributed by atoms with Crippen LogP contribution in [0.1, 0.15) is 19.4 Å². The summed E-state index contributed by atoms with van der Waals surface area (Å²) < 4.78 is 2.09. The zero-order chi connectivity index (χ0) is 18.7. The van der Waals surface area contributed by atoms with Gasteiger partial charge in [-0.25, -0.2) is 4.98 Å². The maximum absolute atomic E-state index is 12.3. The third-order valence-electron chi connectivity index (χ3n) is 3.85. The quantitative estimate of drug-likeness (QED) is 0.619. The van der Waals surface area contributed by atoms with Gasteiger partial charge in [0, 0.05) is 52.6 Å². The molecule has 0 fully saturated rings. The number of hydrogen-bond acceptors (Lipinski definition) is 6. The highest BCUT2D eigenvalue weighted by Gasteiger charge is 2.12. The number of fused-ring (bicyclic) bond motifs is 1. The Morgan fingerprint density at radius 2 is 2.12 bits per heavy atom. The second kappa shape index (κ2) is 7.97. The molecule has 0 bridgehead atoms. The van der Waals surface area contributed by atoms with Crippen LogP contribution >= 0.6 is 23.5 Å². The minimum atomic E-state index is -0.142. The van der Waals surface area contributed by atoms with E-state index in [1.54, 1.807) is 30.3 Å². The summed E-state index contributed by atoms with van der Waals surface area (Å²) in [5, 5.41) is 4.64. The first-order chi connectivity index (χ1) is 12.5. The largest absolute Gasteiger partial charge is 0.350 e. The molecule has 0 saturated carbocycles. The van der Waals surface area contributed by atoms with E-state index in [9.17, 15) is 4.79 Å². The second-order valence-corrected chi connectivity index (χ2v) is 7.24. The van der Waals surface area contributed by atoms with Crippen molar-refractivity contribution < 1.29 is 0 Å². The van der Waals surface area contributed by atoms with E-state index >= 15 is 0 Å². The smallest absolute Gasteiger partial charge is 0.253 e. The van der Waals surface area contributed by atoms with Gasteiger partial charge in [0.05, 0.1) is 0 Å². The minimum Gasteiger partial charge on any atom is -0.350 e. The summed E-state index contributed by atoms with van der Waals surface area (Å²) >= 11 is 7.64. The van der Waals surface area contributed by atoms with Crippen LogP contribution in [0, 0.1) is 0 Å². The summed E-state index contributed by atoms with van der Waals surface area (Å²) in [4.78, 5) is 23.9. The number of aromatic amines is 1. The Labute approximate surface area is 161 Å². The molecule has 6 nitrogen and oxygen atoms in total. The van der Waals surface area contributed by atoms with E-state index in [-0.39, 0.29) is 5.56 Å². The van der Waals surface area contributed by atoms with Crippen LogP contribution in [-0.4, -0.2) is 27.2 Å². The fourth-order valence-corrected chi connectivity index (χ4v) is 3.55. The normalized spacial score (nSPS) is 11.1. The number of aromatic nitrogens is 3. The minimum absolute atomic E-state index is 0.142. The monoisotopic (exact) mass is 389 g/mol. The molecule has 1 aromatic carbocycles. The number of halogens is 1. The summed E-state index contributed by atoms with van der Waals surface area (Å²) in [6, 6.07) is 9.38. The van der Waals surface area contributed by atoms with E-state index in [0.717, 1.165) is 16.7 Å². The number of pyridine rings is 1. The molecule has 0 spiro atoms. The van der Waals surface area contributed by atoms with Crippen molar-refractivity contribution in [3.63, 3.8) is 0 Å². The average molecular weight is 390 g/mol. The molecular formula is C18H20ClN5OS. The lowest BCUT2D eigenvalue weighted by molar-refractivity contribution is 0.823. The summed E-state index contributed by atoms with van der Waals surface area (Å²) in [5.41, 5.74) is 1.21. The molecule has 3 aromatic rings. The van der Waals surface area contributed by atoms with Gasteiger partial charge in [-0.15, -0.1) is 0 Å². The van der Waals surface area contributed by atoms with Gasteiger partial charge in [-0.2, -0.15) is 4.98 Å². The predicted molar refractivity (Wildman–Crippen MR) is 110 cm³/mol. The first kappa shape index (κ1) is 18.5. The van der Waals surface area contributed by atoms with Crippen LogP contribution in [0.3, 0.4) is 0 Å². The fraction of sp³-hybridized carbons (Fsp3) is 0.278. The van der Waals surface area contributed by atoms with E-state index in [1.165, 1.54) is 0 Å². The number of anilines is 2. The van der Waals surface area contributed by atoms with E-state index in [1.807, 2.05) is 24.5 Å². The SMILES string of the molecule is CSN(c1ccnc(NCc2cc3cc(Cl)ccc3[nH]c2=O)n1)C(C)C. The van der Waals surface area contributed by atoms with Gasteiger partial charge < -0.3 is 10.3 Å². The zero-order valence-electron chi connectivity index (χ0n) is 14.8.